The average molecular weight is 478 g/mol. The summed E-state index contributed by atoms with van der Waals surface area (Å²) in [6.45, 7) is 0.607. The number of hydrogen-bond donors (Lipinski definition) is 1. The van der Waals surface area contributed by atoms with E-state index in [0.717, 1.165) is 5.52 Å². The minimum atomic E-state index is -3.01. The summed E-state index contributed by atoms with van der Waals surface area (Å²) in [7, 11) is 0. The zero-order valence-electron chi connectivity index (χ0n) is 16.2. The number of fused-ring (bicyclic) bond motifs is 3. The first-order valence-corrected chi connectivity index (χ1v) is 10.1. The van der Waals surface area contributed by atoms with Crippen molar-refractivity contribution in [3.05, 3.63) is 63.8 Å². The predicted molar refractivity (Wildman–Crippen MR) is 112 cm³/mol. The number of nitrogens with zero attached hydrogens (tertiary/aromatic N) is 2. The van der Waals surface area contributed by atoms with Crippen molar-refractivity contribution < 1.29 is 23.0 Å². The van der Waals surface area contributed by atoms with Crippen molar-refractivity contribution in [1.82, 2.24) is 9.55 Å². The van der Waals surface area contributed by atoms with Gasteiger partial charge in [-0.1, -0.05) is 28.1 Å². The molecular weight excluding hydrogens is 460 g/mol. The fourth-order valence-corrected chi connectivity index (χ4v) is 4.05. The minimum absolute atomic E-state index is 0.0292. The number of imidazole rings is 1. The quantitative estimate of drug-likeness (QED) is 0.508. The van der Waals surface area contributed by atoms with Crippen molar-refractivity contribution in [2.75, 3.05) is 11.9 Å². The van der Waals surface area contributed by atoms with Gasteiger partial charge in [-0.2, -0.15) is 8.78 Å². The lowest BCUT2D eigenvalue weighted by atomic mass is 9.94. The maximum Gasteiger partial charge on any atom is 0.387 e. The molecule has 1 N–H and O–H groups in total. The number of halogens is 3. The van der Waals surface area contributed by atoms with Gasteiger partial charge in [0, 0.05) is 15.7 Å². The average Bonchev–Trinajstić information content (AvgIpc) is 3.06. The topological polar surface area (TPSA) is 65.4 Å². The van der Waals surface area contributed by atoms with Crippen LogP contribution < -0.4 is 10.1 Å². The van der Waals surface area contributed by atoms with Crippen LogP contribution in [0.3, 0.4) is 0 Å². The van der Waals surface area contributed by atoms with E-state index in [4.69, 9.17) is 9.47 Å². The van der Waals surface area contributed by atoms with E-state index >= 15 is 0 Å². The Kier molecular flexibility index (Phi) is 5.46. The third-order valence-electron chi connectivity index (χ3n) is 4.81. The van der Waals surface area contributed by atoms with Crippen LogP contribution in [-0.4, -0.2) is 28.7 Å². The molecule has 1 aliphatic heterocycles. The van der Waals surface area contributed by atoms with Gasteiger partial charge in [0.1, 0.15) is 5.75 Å². The summed E-state index contributed by atoms with van der Waals surface area (Å²) >= 11 is 3.40. The van der Waals surface area contributed by atoms with Crippen molar-refractivity contribution in [2.45, 2.75) is 26.5 Å². The number of nitrogens with one attached hydrogen (secondary N) is 1. The summed E-state index contributed by atoms with van der Waals surface area (Å²) in [5.74, 6) is -0.0768. The van der Waals surface area contributed by atoms with E-state index in [-0.39, 0.29) is 12.4 Å². The van der Waals surface area contributed by atoms with Gasteiger partial charge >= 0.3 is 12.6 Å². The molecule has 2 aromatic carbocycles. The highest BCUT2D eigenvalue weighted by molar-refractivity contribution is 9.10. The van der Waals surface area contributed by atoms with Crippen molar-refractivity contribution in [3.8, 4) is 5.75 Å². The maximum absolute atomic E-state index is 13.1. The van der Waals surface area contributed by atoms with E-state index < -0.39 is 18.6 Å². The second kappa shape index (κ2) is 8.06. The van der Waals surface area contributed by atoms with Gasteiger partial charge in [-0.25, -0.2) is 9.78 Å². The van der Waals surface area contributed by atoms with Crippen molar-refractivity contribution in [1.29, 1.82) is 0 Å². The lowest BCUT2D eigenvalue weighted by Gasteiger charge is -2.31. The molecule has 1 aliphatic rings. The number of hydrogen-bond acceptors (Lipinski definition) is 5. The van der Waals surface area contributed by atoms with Crippen LogP contribution >= 0.6 is 15.9 Å². The molecule has 0 amide bonds. The zero-order chi connectivity index (χ0) is 21.4. The molecule has 30 heavy (non-hydrogen) atoms. The molecule has 2 heterocycles. The number of ether oxygens (including phenoxy) is 2. The van der Waals surface area contributed by atoms with Crippen molar-refractivity contribution in [2.24, 2.45) is 0 Å². The highest BCUT2D eigenvalue weighted by atomic mass is 79.9. The van der Waals surface area contributed by atoms with Crippen LogP contribution in [0, 0.1) is 0 Å². The van der Waals surface area contributed by atoms with Gasteiger partial charge in [-0.05, 0) is 44.2 Å². The lowest BCUT2D eigenvalue weighted by molar-refractivity contribution is -0.139. The third kappa shape index (κ3) is 3.54. The largest absolute Gasteiger partial charge is 0.463 e. The Morgan fingerprint density at radius 1 is 1.30 bits per heavy atom. The SMILES string of the molecule is CCOC(=O)C1=C(C)Nc2nc3ccccc3n2[C@@H]1c1cc(Br)ccc1OC(F)F. The number of carbonyl (C=O) groups excluding carboxylic acids is 1. The first-order chi connectivity index (χ1) is 14.4. The number of alkyl halides is 2. The van der Waals surface area contributed by atoms with Crippen LogP contribution in [0.2, 0.25) is 0 Å². The molecular formula is C21H18BrF2N3O3. The molecule has 156 valence electrons. The van der Waals surface area contributed by atoms with E-state index in [9.17, 15) is 13.6 Å². The van der Waals surface area contributed by atoms with Gasteiger partial charge in [0.05, 0.1) is 29.3 Å². The number of anilines is 1. The van der Waals surface area contributed by atoms with Gasteiger partial charge < -0.3 is 14.8 Å². The summed E-state index contributed by atoms with van der Waals surface area (Å²) in [5, 5.41) is 3.14. The van der Waals surface area contributed by atoms with E-state index in [1.807, 2.05) is 24.3 Å². The number of para-hydroxylation sites is 2. The van der Waals surface area contributed by atoms with E-state index in [1.54, 1.807) is 30.5 Å². The summed E-state index contributed by atoms with van der Waals surface area (Å²) < 4.78 is 38.8. The smallest absolute Gasteiger partial charge is 0.387 e. The lowest BCUT2D eigenvalue weighted by Crippen LogP contribution is -2.29. The normalized spacial score (nSPS) is 15.9. The molecule has 4 rings (SSSR count). The van der Waals surface area contributed by atoms with Crippen LogP contribution in [0.15, 0.2) is 58.2 Å². The Bertz CT molecular complexity index is 1160. The van der Waals surface area contributed by atoms with Crippen LogP contribution in [0.25, 0.3) is 11.0 Å². The van der Waals surface area contributed by atoms with Gasteiger partial charge in [0.15, 0.2) is 0 Å². The van der Waals surface area contributed by atoms with Gasteiger partial charge in [0.25, 0.3) is 0 Å². The molecule has 0 fully saturated rings. The Morgan fingerprint density at radius 3 is 2.80 bits per heavy atom. The van der Waals surface area contributed by atoms with Crippen molar-refractivity contribution >= 4 is 38.9 Å². The number of benzene rings is 2. The van der Waals surface area contributed by atoms with Crippen LogP contribution in [-0.2, 0) is 9.53 Å². The van der Waals surface area contributed by atoms with E-state index in [0.29, 0.717) is 32.8 Å². The Hall–Kier alpha value is -2.94. The molecule has 0 aliphatic carbocycles. The monoisotopic (exact) mass is 477 g/mol. The summed E-state index contributed by atoms with van der Waals surface area (Å²) in [6.07, 6.45) is 0. The van der Waals surface area contributed by atoms with Gasteiger partial charge in [0.2, 0.25) is 5.95 Å². The van der Waals surface area contributed by atoms with E-state index in [2.05, 4.69) is 26.2 Å². The third-order valence-corrected chi connectivity index (χ3v) is 5.30. The summed E-state index contributed by atoms with van der Waals surface area (Å²) in [4.78, 5) is 17.5. The van der Waals surface area contributed by atoms with Crippen LogP contribution in [0.1, 0.15) is 25.5 Å². The first-order valence-electron chi connectivity index (χ1n) is 9.26. The number of esters is 1. The molecule has 1 aromatic heterocycles. The molecule has 0 spiro atoms. The fraction of sp³-hybridized carbons (Fsp3) is 0.238. The molecule has 0 radical (unpaired) electrons. The predicted octanol–water partition coefficient (Wildman–Crippen LogP) is 5.25. The molecule has 0 saturated carbocycles. The number of carbonyl (C=O) groups is 1. The maximum atomic E-state index is 13.1. The zero-order valence-corrected chi connectivity index (χ0v) is 17.7. The van der Waals surface area contributed by atoms with Crippen LogP contribution in [0.5, 0.6) is 5.75 Å². The van der Waals surface area contributed by atoms with Crippen molar-refractivity contribution in [3.63, 3.8) is 0 Å². The molecule has 0 bridgehead atoms. The molecule has 9 heteroatoms. The van der Waals surface area contributed by atoms with Crippen LogP contribution in [0.4, 0.5) is 14.7 Å². The first kappa shape index (κ1) is 20.3. The molecule has 0 saturated heterocycles. The number of rotatable bonds is 5. The number of aromatic nitrogens is 2. The second-order valence-corrected chi connectivity index (χ2v) is 7.56. The number of allylic oxidation sites excluding steroid dienone is 1. The Balaban J connectivity index is 2.01. The molecule has 0 unspecified atom stereocenters. The fourth-order valence-electron chi connectivity index (χ4n) is 3.67. The molecule has 1 atom stereocenters. The van der Waals surface area contributed by atoms with E-state index in [1.165, 1.54) is 6.07 Å². The highest BCUT2D eigenvalue weighted by Gasteiger charge is 2.37. The van der Waals surface area contributed by atoms with Gasteiger partial charge in [-0.3, -0.25) is 4.57 Å². The summed E-state index contributed by atoms with van der Waals surface area (Å²) in [6, 6.07) is 11.3. The van der Waals surface area contributed by atoms with Gasteiger partial charge in [-0.15, -0.1) is 0 Å². The highest BCUT2D eigenvalue weighted by Crippen LogP contribution is 2.43. The Morgan fingerprint density at radius 2 is 2.07 bits per heavy atom. The molecule has 6 nitrogen and oxygen atoms in total. The Labute approximate surface area is 179 Å². The second-order valence-electron chi connectivity index (χ2n) is 6.64. The standard InChI is InChI=1S/C21H18BrF2N3O3/c1-3-29-19(28)17-11(2)25-21-26-14-6-4-5-7-15(14)27(21)18(17)13-10-12(22)8-9-16(13)30-20(23)24/h4-10,18,20H,3H2,1-2H3,(H,25,26)/t18-/m1/s1. The minimum Gasteiger partial charge on any atom is -0.463 e. The summed E-state index contributed by atoms with van der Waals surface area (Å²) in [5.41, 5.74) is 2.66. The molecule has 3 aromatic rings.